The molecule has 0 aromatic heterocycles. The molecule has 3 atom stereocenters. The first-order chi connectivity index (χ1) is 7.72. The molecule has 0 spiro atoms. The Bertz CT molecular complexity index is 274. The Kier molecular flexibility index (Phi) is 6.75. The van der Waals surface area contributed by atoms with Gasteiger partial charge in [-0.25, -0.2) is 0 Å². The third-order valence-electron chi connectivity index (χ3n) is 3.31. The predicted molar refractivity (Wildman–Crippen MR) is 75.8 cm³/mol. The van der Waals surface area contributed by atoms with E-state index in [0.29, 0.717) is 6.04 Å². The molecule has 1 nitrogen and oxygen atoms in total. The van der Waals surface area contributed by atoms with E-state index in [0.717, 1.165) is 17.6 Å². The van der Waals surface area contributed by atoms with E-state index in [1.54, 1.807) is 0 Å². The van der Waals surface area contributed by atoms with Gasteiger partial charge in [0.05, 0.1) is 0 Å². The van der Waals surface area contributed by atoms with Crippen molar-refractivity contribution in [1.82, 2.24) is 0 Å². The summed E-state index contributed by atoms with van der Waals surface area (Å²) < 4.78 is 0. The monoisotopic (exact) mass is 239 g/mol. The number of rotatable bonds is 8. The second-order valence-electron chi connectivity index (χ2n) is 4.94. The summed E-state index contributed by atoms with van der Waals surface area (Å²) in [6, 6.07) is 0.515. The van der Waals surface area contributed by atoms with Crippen LogP contribution in [-0.2, 0) is 0 Å². The minimum Gasteiger partial charge on any atom is -0.295 e. The van der Waals surface area contributed by atoms with Gasteiger partial charge in [0, 0.05) is 17.7 Å². The molecule has 0 bridgehead atoms. The molecule has 0 aromatic carbocycles. The largest absolute Gasteiger partial charge is 0.295 e. The molecule has 1 rings (SSSR count). The smallest absolute Gasteiger partial charge is 0.0467 e. The van der Waals surface area contributed by atoms with Crippen LogP contribution in [0.5, 0.6) is 0 Å². The maximum Gasteiger partial charge on any atom is 0.0467 e. The first kappa shape index (κ1) is 13.7. The first-order valence-electron chi connectivity index (χ1n) is 6.62. The Balaban J connectivity index is 2.01. The fourth-order valence-corrected chi connectivity index (χ4v) is 2.34. The summed E-state index contributed by atoms with van der Waals surface area (Å²) in [4.78, 5) is 4.61. The van der Waals surface area contributed by atoms with Crippen LogP contribution in [0.3, 0.4) is 0 Å². The number of aliphatic imine (C=N–C) groups is 1. The van der Waals surface area contributed by atoms with Crippen molar-refractivity contribution in [2.75, 3.05) is 0 Å². The van der Waals surface area contributed by atoms with Crippen LogP contribution >= 0.6 is 11.2 Å². The van der Waals surface area contributed by atoms with Gasteiger partial charge in [0.15, 0.2) is 0 Å². The molecule has 92 valence electrons. The van der Waals surface area contributed by atoms with Crippen LogP contribution < -0.4 is 0 Å². The summed E-state index contributed by atoms with van der Waals surface area (Å²) in [5.41, 5.74) is 0. The molecule has 0 aliphatic carbocycles. The van der Waals surface area contributed by atoms with Crippen molar-refractivity contribution in [1.29, 1.82) is 0 Å². The maximum absolute atomic E-state index is 4.61. The molecule has 3 unspecified atom stereocenters. The lowest BCUT2D eigenvalue weighted by molar-refractivity contribution is 0.470. The van der Waals surface area contributed by atoms with Crippen LogP contribution in [-0.4, -0.2) is 17.5 Å². The van der Waals surface area contributed by atoms with Crippen LogP contribution in [0.15, 0.2) is 4.99 Å². The third-order valence-corrected chi connectivity index (χ3v) is 4.38. The summed E-state index contributed by atoms with van der Waals surface area (Å²) in [5.74, 6) is 0.857. The molecule has 0 amide bonds. The van der Waals surface area contributed by atoms with Crippen molar-refractivity contribution < 1.29 is 0 Å². The van der Waals surface area contributed by atoms with E-state index in [2.05, 4.69) is 37.2 Å². The van der Waals surface area contributed by atoms with Gasteiger partial charge in [0.2, 0.25) is 0 Å². The molecule has 0 aromatic rings. The van der Waals surface area contributed by atoms with Crippen molar-refractivity contribution >= 4 is 17.4 Å². The molecule has 0 saturated carbocycles. The second-order valence-corrected chi connectivity index (χ2v) is 6.13. The Morgan fingerprint density at radius 1 is 1.44 bits per heavy atom. The van der Waals surface area contributed by atoms with Crippen LogP contribution in [0, 0.1) is 11.1 Å². The van der Waals surface area contributed by atoms with E-state index in [-0.39, 0.29) is 0 Å². The zero-order valence-corrected chi connectivity index (χ0v) is 11.7. The summed E-state index contributed by atoms with van der Waals surface area (Å²) in [7, 11) is 0. The van der Waals surface area contributed by atoms with Gasteiger partial charge < -0.3 is 0 Å². The van der Waals surface area contributed by atoms with E-state index in [4.69, 9.17) is 0 Å². The van der Waals surface area contributed by atoms with Crippen molar-refractivity contribution in [2.24, 2.45) is 10.9 Å². The van der Waals surface area contributed by atoms with Gasteiger partial charge in [0.1, 0.15) is 0 Å². The zero-order valence-electron chi connectivity index (χ0n) is 10.9. The summed E-state index contributed by atoms with van der Waals surface area (Å²) in [5, 5.41) is 4.06. The zero-order chi connectivity index (χ0) is 11.8. The normalized spacial score (nSPS) is 22.8. The fraction of sp³-hybridized carbons (Fsp3) is 0.857. The molecule has 0 saturated heterocycles. The molecular weight excluding hydrogens is 214 g/mol. The topological polar surface area (TPSA) is 12.4 Å². The van der Waals surface area contributed by atoms with Gasteiger partial charge in [-0.3, -0.25) is 4.99 Å². The standard InChI is InChI=1S/C14H25NS/c1-4-12(2)7-8-13(3)15-10-5-6-14-9-11-16-14/h10,12-14H,4-9H2,1-3H3/b15-10-. The van der Waals surface area contributed by atoms with Crippen molar-refractivity contribution in [3.63, 3.8) is 0 Å². The highest BCUT2D eigenvalue weighted by Gasteiger charge is 2.08. The van der Waals surface area contributed by atoms with E-state index in [1.807, 2.05) is 11.2 Å². The highest BCUT2D eigenvalue weighted by molar-refractivity contribution is 7.90. The summed E-state index contributed by atoms with van der Waals surface area (Å²) in [6.45, 7) is 6.83. The molecular formula is C14H25NS. The lowest BCUT2D eigenvalue weighted by atomic mass is 10.0. The molecule has 0 fully saturated rings. The quantitative estimate of drug-likeness (QED) is 0.552. The molecule has 1 heterocycles. The lowest BCUT2D eigenvalue weighted by Crippen LogP contribution is -2.05. The average molecular weight is 239 g/mol. The second kappa shape index (κ2) is 7.86. The minimum atomic E-state index is 0.515. The molecule has 0 N–H and O–H groups in total. The lowest BCUT2D eigenvalue weighted by Gasteiger charge is -2.12. The van der Waals surface area contributed by atoms with Crippen LogP contribution in [0.2, 0.25) is 0 Å². The summed E-state index contributed by atoms with van der Waals surface area (Å²) in [6.07, 6.45) is 9.60. The van der Waals surface area contributed by atoms with E-state index >= 15 is 0 Å². The van der Waals surface area contributed by atoms with Gasteiger partial charge in [-0.15, -0.1) is 11.2 Å². The Morgan fingerprint density at radius 2 is 2.19 bits per heavy atom. The highest BCUT2D eigenvalue weighted by atomic mass is 32.1. The molecule has 1 aliphatic heterocycles. The fourth-order valence-electron chi connectivity index (χ4n) is 1.68. The van der Waals surface area contributed by atoms with E-state index < -0.39 is 0 Å². The van der Waals surface area contributed by atoms with E-state index in [1.165, 1.54) is 32.1 Å². The minimum absolute atomic E-state index is 0.515. The molecule has 0 radical (unpaired) electrons. The van der Waals surface area contributed by atoms with Gasteiger partial charge in [0.25, 0.3) is 0 Å². The van der Waals surface area contributed by atoms with Crippen molar-refractivity contribution in [3.8, 4) is 5.18 Å². The van der Waals surface area contributed by atoms with Crippen LogP contribution in [0.4, 0.5) is 0 Å². The third kappa shape index (κ3) is 5.67. The molecule has 2 heteroatoms. The Hall–Kier alpha value is -0.330. The number of nitrogens with zero attached hydrogens (tertiary/aromatic N) is 1. The number of hydrogen-bond donors (Lipinski definition) is 0. The van der Waals surface area contributed by atoms with Gasteiger partial charge in [-0.2, -0.15) is 0 Å². The Morgan fingerprint density at radius 3 is 2.75 bits per heavy atom. The Labute approximate surface area is 104 Å². The average Bonchev–Trinajstić information content (AvgIpc) is 2.23. The van der Waals surface area contributed by atoms with Crippen LogP contribution in [0.25, 0.3) is 0 Å². The van der Waals surface area contributed by atoms with Gasteiger partial charge in [-0.05, 0) is 44.7 Å². The molecule has 1 aliphatic rings. The highest BCUT2D eigenvalue weighted by Crippen LogP contribution is 2.19. The van der Waals surface area contributed by atoms with Gasteiger partial charge >= 0.3 is 0 Å². The van der Waals surface area contributed by atoms with Crippen molar-refractivity contribution in [3.05, 3.63) is 0 Å². The number of hydrogen-bond acceptors (Lipinski definition) is 1. The SMILES string of the molecule is CCC(C)CCC(C)/N=C\CCC1CC#S1. The van der Waals surface area contributed by atoms with Gasteiger partial charge in [-0.1, -0.05) is 25.5 Å². The molecule has 16 heavy (non-hydrogen) atoms. The predicted octanol–water partition coefficient (Wildman–Crippen LogP) is 4.52. The first-order valence-corrected chi connectivity index (χ1v) is 7.50. The summed E-state index contributed by atoms with van der Waals surface area (Å²) >= 11 is 1.87. The van der Waals surface area contributed by atoms with Crippen molar-refractivity contribution in [2.45, 2.75) is 70.6 Å². The van der Waals surface area contributed by atoms with E-state index in [9.17, 15) is 0 Å². The maximum atomic E-state index is 4.61. The van der Waals surface area contributed by atoms with Crippen LogP contribution in [0.1, 0.15) is 59.3 Å².